The van der Waals surface area contributed by atoms with Crippen LogP contribution >= 0.6 is 11.8 Å². The maximum atomic E-state index is 12.1. The Bertz CT molecular complexity index is 792. The summed E-state index contributed by atoms with van der Waals surface area (Å²) in [6.07, 6.45) is 0.860. The van der Waals surface area contributed by atoms with Crippen molar-refractivity contribution in [2.24, 2.45) is 5.92 Å². The molecule has 2 aliphatic rings. The Morgan fingerprint density at radius 1 is 1.08 bits per heavy atom. The second-order valence-electron chi connectivity index (χ2n) is 7.57. The number of likely N-dealkylation sites (tertiary alicyclic amines) is 1. The third-order valence-corrected chi connectivity index (χ3v) is 6.60. The van der Waals surface area contributed by atoms with E-state index in [-0.39, 0.29) is 11.7 Å². The molecule has 0 aliphatic carbocycles. The molecular formula is C21H26N2O2S. The second kappa shape index (κ2) is 7.99. The number of rotatable bonds is 6. The average Bonchev–Trinajstić information content (AvgIpc) is 2.63. The smallest absolute Gasteiger partial charge is 0.250 e. The molecule has 3 atom stereocenters. The number of piperidine rings is 1. The summed E-state index contributed by atoms with van der Waals surface area (Å²) >= 11 is 1.79. The van der Waals surface area contributed by atoms with E-state index in [9.17, 15) is 9.90 Å². The molecule has 0 amide bonds. The molecule has 4 nitrogen and oxygen atoms in total. The molecule has 0 radical (unpaired) electrons. The van der Waals surface area contributed by atoms with E-state index in [0.717, 1.165) is 37.7 Å². The Morgan fingerprint density at radius 2 is 1.92 bits per heavy atom. The normalized spacial score (nSPS) is 23.4. The monoisotopic (exact) mass is 370 g/mol. The summed E-state index contributed by atoms with van der Waals surface area (Å²) in [4.78, 5) is 14.5. The number of nitrogens with zero attached hydrogens (tertiary/aromatic N) is 2. The Hall–Kier alpha value is -1.56. The first-order chi connectivity index (χ1) is 12.7. The topological polar surface area (TPSA) is 45.5 Å². The molecule has 1 fully saturated rings. The van der Waals surface area contributed by atoms with E-state index in [4.69, 9.17) is 0 Å². The van der Waals surface area contributed by atoms with E-state index in [1.165, 1.54) is 17.7 Å². The summed E-state index contributed by atoms with van der Waals surface area (Å²) < 4.78 is 1.96. The number of aromatic nitrogens is 1. The van der Waals surface area contributed by atoms with Crippen molar-refractivity contribution in [3.8, 4) is 0 Å². The number of hydrogen-bond donors (Lipinski definition) is 1. The molecule has 4 rings (SSSR count). The predicted octanol–water partition coefficient (Wildman–Crippen LogP) is 2.56. The molecule has 2 unspecified atom stereocenters. The molecule has 0 saturated carbocycles. The van der Waals surface area contributed by atoms with Crippen molar-refractivity contribution >= 4 is 11.8 Å². The lowest BCUT2D eigenvalue weighted by Crippen LogP contribution is -2.49. The van der Waals surface area contributed by atoms with Crippen molar-refractivity contribution in [1.29, 1.82) is 0 Å². The molecule has 2 aromatic rings. The van der Waals surface area contributed by atoms with Crippen LogP contribution in [0.2, 0.25) is 0 Å². The number of β-amino-alcohol motifs (C(OH)–C–C–N with tert-alkyl or cyclic N) is 1. The van der Waals surface area contributed by atoms with Gasteiger partial charge in [0.1, 0.15) is 0 Å². The zero-order valence-corrected chi connectivity index (χ0v) is 15.8. The second-order valence-corrected chi connectivity index (χ2v) is 8.60. The number of benzene rings is 1. The van der Waals surface area contributed by atoms with Gasteiger partial charge in [-0.2, -0.15) is 11.8 Å². The van der Waals surface area contributed by atoms with Gasteiger partial charge in [-0.05, 0) is 24.0 Å². The van der Waals surface area contributed by atoms with E-state index in [2.05, 4.69) is 35.2 Å². The van der Waals surface area contributed by atoms with E-state index in [1.54, 1.807) is 17.8 Å². The van der Waals surface area contributed by atoms with Crippen LogP contribution in [0.3, 0.4) is 0 Å². The first kappa shape index (κ1) is 17.8. The van der Waals surface area contributed by atoms with Crippen LogP contribution in [-0.4, -0.2) is 46.1 Å². The highest BCUT2D eigenvalue weighted by atomic mass is 32.2. The van der Waals surface area contributed by atoms with E-state index >= 15 is 0 Å². The zero-order chi connectivity index (χ0) is 17.9. The first-order valence-electron chi connectivity index (χ1n) is 9.41. The summed E-state index contributed by atoms with van der Waals surface area (Å²) in [6, 6.07) is 16.0. The van der Waals surface area contributed by atoms with Crippen LogP contribution in [0.15, 0.2) is 53.3 Å². The number of aliphatic hydroxyl groups excluding tert-OH is 1. The molecule has 1 N–H and O–H groups in total. The largest absolute Gasteiger partial charge is 0.391 e. The molecular weight excluding hydrogens is 344 g/mol. The summed E-state index contributed by atoms with van der Waals surface area (Å²) in [6.45, 7) is 3.48. The zero-order valence-electron chi connectivity index (χ0n) is 15.0. The van der Waals surface area contributed by atoms with E-state index in [1.807, 2.05) is 16.7 Å². The molecule has 2 aliphatic heterocycles. The van der Waals surface area contributed by atoms with Gasteiger partial charge in [-0.3, -0.25) is 9.69 Å². The van der Waals surface area contributed by atoms with Crippen molar-refractivity contribution in [3.63, 3.8) is 0 Å². The van der Waals surface area contributed by atoms with Gasteiger partial charge in [0.05, 0.1) is 6.10 Å². The maximum Gasteiger partial charge on any atom is 0.250 e. The molecule has 1 aromatic carbocycles. The molecule has 138 valence electrons. The van der Waals surface area contributed by atoms with Gasteiger partial charge in [0.15, 0.2) is 0 Å². The molecule has 1 saturated heterocycles. The van der Waals surface area contributed by atoms with Crippen LogP contribution in [0, 0.1) is 5.92 Å². The lowest BCUT2D eigenvalue weighted by molar-refractivity contribution is 0.0717. The van der Waals surface area contributed by atoms with Crippen LogP contribution in [0.4, 0.5) is 0 Å². The fourth-order valence-corrected chi connectivity index (χ4v) is 5.31. The molecule has 3 heterocycles. The fraction of sp³-hybridized carbons (Fsp3) is 0.476. The molecule has 1 aromatic heterocycles. The van der Waals surface area contributed by atoms with Gasteiger partial charge in [-0.15, -0.1) is 0 Å². The van der Waals surface area contributed by atoms with Gasteiger partial charge in [0, 0.05) is 55.4 Å². The summed E-state index contributed by atoms with van der Waals surface area (Å²) in [5, 5.41) is 10.5. The number of hydrogen-bond acceptors (Lipinski definition) is 4. The molecule has 0 spiro atoms. The Morgan fingerprint density at radius 3 is 2.77 bits per heavy atom. The summed E-state index contributed by atoms with van der Waals surface area (Å²) in [7, 11) is 0. The summed E-state index contributed by atoms with van der Waals surface area (Å²) in [5.41, 5.74) is 2.61. The first-order valence-corrected chi connectivity index (χ1v) is 10.6. The molecule has 5 heteroatoms. The van der Waals surface area contributed by atoms with Crippen LogP contribution < -0.4 is 5.56 Å². The average molecular weight is 371 g/mol. The molecule has 26 heavy (non-hydrogen) atoms. The quantitative estimate of drug-likeness (QED) is 0.849. The fourth-order valence-electron chi connectivity index (χ4n) is 4.38. The Balaban J connectivity index is 1.30. The van der Waals surface area contributed by atoms with Gasteiger partial charge in [0.2, 0.25) is 0 Å². The lowest BCUT2D eigenvalue weighted by atomic mass is 9.83. The third kappa shape index (κ3) is 4.05. The summed E-state index contributed by atoms with van der Waals surface area (Å²) in [5.74, 6) is 2.64. The van der Waals surface area contributed by atoms with Gasteiger partial charge < -0.3 is 9.67 Å². The number of aliphatic hydroxyl groups is 1. The number of fused-ring (bicyclic) bond motifs is 4. The van der Waals surface area contributed by atoms with Gasteiger partial charge in [0.25, 0.3) is 5.56 Å². The predicted molar refractivity (Wildman–Crippen MR) is 107 cm³/mol. The number of pyridine rings is 1. The lowest BCUT2D eigenvalue weighted by Gasteiger charge is -2.43. The minimum absolute atomic E-state index is 0.128. The van der Waals surface area contributed by atoms with Gasteiger partial charge >= 0.3 is 0 Å². The van der Waals surface area contributed by atoms with E-state index in [0.29, 0.717) is 11.8 Å². The van der Waals surface area contributed by atoms with Crippen molar-refractivity contribution in [3.05, 3.63) is 70.1 Å². The maximum absolute atomic E-state index is 12.1. The third-order valence-electron chi connectivity index (χ3n) is 5.45. The number of thioether (sulfide) groups is 1. The molecule has 2 bridgehead atoms. The highest BCUT2D eigenvalue weighted by molar-refractivity contribution is 7.98. The highest BCUT2D eigenvalue weighted by Gasteiger charge is 2.34. The standard InChI is InChI=1S/C21H26N2O2S/c24-19(15-26-14-16-5-2-1-3-6-16)13-22-10-17-9-18(12-22)20-7-4-8-21(25)23(20)11-17/h1-8,17-19,24H,9-15H2/t17?,18-,19?/m0/s1. The van der Waals surface area contributed by atoms with Crippen molar-refractivity contribution in [2.75, 3.05) is 25.4 Å². The van der Waals surface area contributed by atoms with Crippen molar-refractivity contribution in [2.45, 2.75) is 30.7 Å². The van der Waals surface area contributed by atoms with Crippen molar-refractivity contribution < 1.29 is 5.11 Å². The van der Waals surface area contributed by atoms with Gasteiger partial charge in [-0.25, -0.2) is 0 Å². The highest BCUT2D eigenvalue weighted by Crippen LogP contribution is 2.34. The Kier molecular flexibility index (Phi) is 5.48. The van der Waals surface area contributed by atoms with Gasteiger partial charge in [-0.1, -0.05) is 36.4 Å². The Labute approximate surface area is 158 Å². The minimum Gasteiger partial charge on any atom is -0.391 e. The minimum atomic E-state index is -0.305. The van der Waals surface area contributed by atoms with E-state index < -0.39 is 0 Å². The van der Waals surface area contributed by atoms with Crippen LogP contribution in [0.5, 0.6) is 0 Å². The van der Waals surface area contributed by atoms with Crippen LogP contribution in [0.1, 0.15) is 23.6 Å². The van der Waals surface area contributed by atoms with Crippen LogP contribution in [0.25, 0.3) is 0 Å². The SMILES string of the molecule is O=c1cccc2n1CC1C[C@H]2CN(CC(O)CSCc2ccccc2)C1. The van der Waals surface area contributed by atoms with Crippen LogP contribution in [-0.2, 0) is 12.3 Å². The van der Waals surface area contributed by atoms with Crippen molar-refractivity contribution in [1.82, 2.24) is 9.47 Å².